The van der Waals surface area contributed by atoms with Crippen LogP contribution in [0, 0.1) is 6.92 Å². The molecule has 1 fully saturated rings. The molecule has 4 aromatic rings. The Morgan fingerprint density at radius 3 is 2.78 bits per heavy atom. The van der Waals surface area contributed by atoms with Crippen LogP contribution in [0.3, 0.4) is 0 Å². The quantitative estimate of drug-likeness (QED) is 0.468. The van der Waals surface area contributed by atoms with Crippen molar-refractivity contribution in [2.75, 3.05) is 11.4 Å². The van der Waals surface area contributed by atoms with Gasteiger partial charge in [-0.05, 0) is 50.2 Å². The summed E-state index contributed by atoms with van der Waals surface area (Å²) in [6.45, 7) is 4.64. The Kier molecular flexibility index (Phi) is 5.01. The molecule has 32 heavy (non-hydrogen) atoms. The molecule has 2 aromatic heterocycles. The first kappa shape index (κ1) is 20.4. The number of aromatic nitrogens is 4. The van der Waals surface area contributed by atoms with Gasteiger partial charge in [0.1, 0.15) is 5.69 Å². The van der Waals surface area contributed by atoms with E-state index in [1.54, 1.807) is 28.5 Å². The van der Waals surface area contributed by atoms with Gasteiger partial charge in [0.2, 0.25) is 17.6 Å². The van der Waals surface area contributed by atoms with E-state index in [0.717, 1.165) is 16.8 Å². The number of aryl methyl sites for hydroxylation is 2. The molecular formula is C23H20ClN5O3. The maximum absolute atomic E-state index is 12.6. The molecule has 0 aliphatic carbocycles. The van der Waals surface area contributed by atoms with Crippen molar-refractivity contribution >= 4 is 34.2 Å². The first-order valence-electron chi connectivity index (χ1n) is 10.4. The van der Waals surface area contributed by atoms with Crippen LogP contribution in [0.25, 0.3) is 22.4 Å². The molecule has 1 aliphatic rings. The number of hydrogen-bond acceptors (Lipinski definition) is 6. The fourth-order valence-corrected chi connectivity index (χ4v) is 4.30. The largest absolute Gasteiger partial charge is 0.339 e. The maximum Gasteiger partial charge on any atom is 0.272 e. The normalized spacial score (nSPS) is 16.3. The molecule has 0 unspecified atom stereocenters. The second kappa shape index (κ2) is 7.87. The molecule has 0 saturated carbocycles. The molecule has 0 spiro atoms. The van der Waals surface area contributed by atoms with Crippen molar-refractivity contribution in [3.05, 3.63) is 69.4 Å². The summed E-state index contributed by atoms with van der Waals surface area (Å²) >= 11 is 6.07. The summed E-state index contributed by atoms with van der Waals surface area (Å²) < 4.78 is 7.21. The summed E-state index contributed by atoms with van der Waals surface area (Å²) in [4.78, 5) is 35.6. The van der Waals surface area contributed by atoms with E-state index in [0.29, 0.717) is 41.0 Å². The van der Waals surface area contributed by atoms with E-state index in [2.05, 4.69) is 15.1 Å². The lowest BCUT2D eigenvalue weighted by molar-refractivity contribution is -0.117. The van der Waals surface area contributed by atoms with Gasteiger partial charge in [-0.2, -0.15) is 4.98 Å². The van der Waals surface area contributed by atoms with Crippen LogP contribution in [0.5, 0.6) is 0 Å². The predicted molar refractivity (Wildman–Crippen MR) is 121 cm³/mol. The molecule has 1 atom stereocenters. The van der Waals surface area contributed by atoms with E-state index < -0.39 is 0 Å². The molecule has 0 radical (unpaired) electrons. The van der Waals surface area contributed by atoms with Gasteiger partial charge in [0.15, 0.2) is 0 Å². The fourth-order valence-electron chi connectivity index (χ4n) is 4.11. The zero-order valence-corrected chi connectivity index (χ0v) is 18.3. The lowest BCUT2D eigenvalue weighted by atomic mass is 10.1. The SMILES string of the molecule is CCn1c(=O)c(C)nc2cc(-c3noc([C@H]4CC(=O)N(c5cccc(Cl)c5)C4)n3)ccc21. The first-order chi connectivity index (χ1) is 15.4. The van der Waals surface area contributed by atoms with Crippen LogP contribution in [-0.2, 0) is 11.3 Å². The fraction of sp³-hybridized carbons (Fsp3) is 0.261. The van der Waals surface area contributed by atoms with E-state index in [4.69, 9.17) is 16.1 Å². The molecule has 2 aromatic carbocycles. The van der Waals surface area contributed by atoms with Crippen molar-refractivity contribution in [3.63, 3.8) is 0 Å². The number of halogens is 1. The highest BCUT2D eigenvalue weighted by atomic mass is 35.5. The lowest BCUT2D eigenvalue weighted by Gasteiger charge is -2.16. The molecule has 0 N–H and O–H groups in total. The summed E-state index contributed by atoms with van der Waals surface area (Å²) in [6, 6.07) is 12.7. The van der Waals surface area contributed by atoms with Crippen molar-refractivity contribution in [1.82, 2.24) is 19.7 Å². The zero-order valence-electron chi connectivity index (χ0n) is 17.6. The molecule has 8 nitrogen and oxygen atoms in total. The number of hydrogen-bond donors (Lipinski definition) is 0. The van der Waals surface area contributed by atoms with Gasteiger partial charge >= 0.3 is 0 Å². The van der Waals surface area contributed by atoms with Crippen molar-refractivity contribution in [3.8, 4) is 11.4 Å². The standard InChI is InChI=1S/C23H20ClN5O3/c1-3-28-19-8-7-14(9-18(19)25-13(2)23(28)31)21-26-22(32-27-21)15-10-20(30)29(12-15)17-6-4-5-16(24)11-17/h4-9,11,15H,3,10,12H2,1-2H3/t15-/m0/s1. The van der Waals surface area contributed by atoms with Gasteiger partial charge < -0.3 is 14.0 Å². The van der Waals surface area contributed by atoms with Crippen LogP contribution < -0.4 is 10.5 Å². The van der Waals surface area contributed by atoms with Crippen LogP contribution in [0.4, 0.5) is 5.69 Å². The van der Waals surface area contributed by atoms with E-state index in [-0.39, 0.29) is 23.8 Å². The average molecular weight is 450 g/mol. The van der Waals surface area contributed by atoms with Crippen molar-refractivity contribution in [2.45, 2.75) is 32.7 Å². The van der Waals surface area contributed by atoms with Crippen LogP contribution in [0.2, 0.25) is 5.02 Å². The van der Waals surface area contributed by atoms with Crippen molar-refractivity contribution in [2.24, 2.45) is 0 Å². The number of amides is 1. The Bertz CT molecular complexity index is 1410. The summed E-state index contributed by atoms with van der Waals surface area (Å²) in [7, 11) is 0. The highest BCUT2D eigenvalue weighted by Crippen LogP contribution is 2.33. The van der Waals surface area contributed by atoms with Crippen LogP contribution in [0.1, 0.15) is 30.8 Å². The van der Waals surface area contributed by atoms with E-state index >= 15 is 0 Å². The highest BCUT2D eigenvalue weighted by molar-refractivity contribution is 6.30. The van der Waals surface area contributed by atoms with Gasteiger partial charge in [0.25, 0.3) is 5.56 Å². The zero-order chi connectivity index (χ0) is 22.4. The third kappa shape index (κ3) is 3.46. The smallest absolute Gasteiger partial charge is 0.272 e. The molecule has 9 heteroatoms. The Hall–Kier alpha value is -3.52. The molecule has 1 amide bonds. The number of fused-ring (bicyclic) bond motifs is 1. The highest BCUT2D eigenvalue weighted by Gasteiger charge is 2.35. The van der Waals surface area contributed by atoms with Gasteiger partial charge in [-0.1, -0.05) is 22.8 Å². The molecule has 3 heterocycles. The summed E-state index contributed by atoms with van der Waals surface area (Å²) in [5.41, 5.74) is 3.28. The van der Waals surface area contributed by atoms with Gasteiger partial charge in [0.05, 0.1) is 17.0 Å². The Morgan fingerprint density at radius 2 is 2.00 bits per heavy atom. The second-order valence-electron chi connectivity index (χ2n) is 7.79. The number of nitrogens with zero attached hydrogens (tertiary/aromatic N) is 5. The van der Waals surface area contributed by atoms with Crippen LogP contribution >= 0.6 is 11.6 Å². The number of anilines is 1. The molecule has 162 valence electrons. The summed E-state index contributed by atoms with van der Waals surface area (Å²) in [6.07, 6.45) is 0.287. The number of carbonyl (C=O) groups is 1. The number of benzene rings is 2. The minimum Gasteiger partial charge on any atom is -0.339 e. The Morgan fingerprint density at radius 1 is 1.16 bits per heavy atom. The molecule has 0 bridgehead atoms. The topological polar surface area (TPSA) is 94.1 Å². The van der Waals surface area contributed by atoms with Gasteiger partial charge in [0, 0.05) is 35.8 Å². The van der Waals surface area contributed by atoms with Gasteiger partial charge in [-0.25, -0.2) is 4.98 Å². The second-order valence-corrected chi connectivity index (χ2v) is 8.23. The molecule has 1 saturated heterocycles. The minimum atomic E-state index is -0.200. The minimum absolute atomic E-state index is 0.0140. The van der Waals surface area contributed by atoms with Crippen molar-refractivity contribution < 1.29 is 9.32 Å². The Balaban J connectivity index is 1.44. The number of rotatable bonds is 4. The lowest BCUT2D eigenvalue weighted by Crippen LogP contribution is -2.24. The number of carbonyl (C=O) groups excluding carboxylic acids is 1. The Labute approximate surface area is 188 Å². The van der Waals surface area contributed by atoms with E-state index in [1.165, 1.54) is 0 Å². The molecular weight excluding hydrogens is 430 g/mol. The van der Waals surface area contributed by atoms with Gasteiger partial charge in [-0.3, -0.25) is 9.59 Å². The first-order valence-corrected chi connectivity index (χ1v) is 10.7. The third-order valence-electron chi connectivity index (χ3n) is 5.72. The third-order valence-corrected chi connectivity index (χ3v) is 5.95. The summed E-state index contributed by atoms with van der Waals surface area (Å²) in [5, 5.41) is 4.70. The average Bonchev–Trinajstić information content (AvgIpc) is 3.41. The molecule has 1 aliphatic heterocycles. The van der Waals surface area contributed by atoms with Gasteiger partial charge in [-0.15, -0.1) is 0 Å². The predicted octanol–water partition coefficient (Wildman–Crippen LogP) is 3.95. The molecule has 5 rings (SSSR count). The van der Waals surface area contributed by atoms with Crippen molar-refractivity contribution in [1.29, 1.82) is 0 Å². The van der Waals surface area contributed by atoms with E-state index in [1.807, 2.05) is 37.3 Å². The maximum atomic E-state index is 12.6. The van der Waals surface area contributed by atoms with Crippen LogP contribution in [0.15, 0.2) is 51.8 Å². The van der Waals surface area contributed by atoms with E-state index in [9.17, 15) is 9.59 Å². The van der Waals surface area contributed by atoms with Crippen LogP contribution in [-0.4, -0.2) is 32.1 Å². The monoisotopic (exact) mass is 449 g/mol. The summed E-state index contributed by atoms with van der Waals surface area (Å²) in [5.74, 6) is 0.624.